The molecule has 1 aliphatic rings. The highest BCUT2D eigenvalue weighted by Gasteiger charge is 2.45. The van der Waals surface area contributed by atoms with Gasteiger partial charge in [-0.3, -0.25) is 4.79 Å². The smallest absolute Gasteiger partial charge is 0.262 e. The Labute approximate surface area is 135 Å². The van der Waals surface area contributed by atoms with Crippen molar-refractivity contribution in [3.8, 4) is 0 Å². The third kappa shape index (κ3) is 3.76. The summed E-state index contributed by atoms with van der Waals surface area (Å²) in [6.45, 7) is 4.61. The molecule has 0 heterocycles. The minimum absolute atomic E-state index is 0.0186. The van der Waals surface area contributed by atoms with Crippen LogP contribution in [0.4, 0.5) is 4.39 Å². The van der Waals surface area contributed by atoms with Crippen LogP contribution in [0.1, 0.15) is 30.6 Å². The van der Waals surface area contributed by atoms with Gasteiger partial charge in [-0.25, -0.2) is 12.8 Å². The van der Waals surface area contributed by atoms with Crippen LogP contribution in [0.5, 0.6) is 0 Å². The highest BCUT2D eigenvalue weighted by atomic mass is 79.9. The van der Waals surface area contributed by atoms with Crippen LogP contribution in [0.3, 0.4) is 0 Å². The van der Waals surface area contributed by atoms with Crippen molar-refractivity contribution in [3.05, 3.63) is 28.0 Å². The second kappa shape index (κ2) is 5.52. The zero-order valence-corrected chi connectivity index (χ0v) is 14.6. The van der Waals surface area contributed by atoms with E-state index < -0.39 is 20.8 Å². The van der Waals surface area contributed by atoms with Gasteiger partial charge in [0.05, 0.1) is 10.5 Å². The molecule has 0 saturated heterocycles. The molecular formula is C13H14BrClFNO3S. The summed E-state index contributed by atoms with van der Waals surface area (Å²) in [7, 11) is 1.19. The van der Waals surface area contributed by atoms with E-state index in [2.05, 4.69) is 35.1 Å². The van der Waals surface area contributed by atoms with Crippen molar-refractivity contribution in [2.45, 2.75) is 25.2 Å². The Balaban J connectivity index is 2.21. The van der Waals surface area contributed by atoms with Gasteiger partial charge in [-0.05, 0) is 45.8 Å². The van der Waals surface area contributed by atoms with Crippen molar-refractivity contribution < 1.29 is 17.6 Å². The molecule has 4 nitrogen and oxygen atoms in total. The lowest BCUT2D eigenvalue weighted by atomic mass is 10.1. The molecule has 0 bridgehead atoms. The number of carbonyl (C=O) groups is 1. The van der Waals surface area contributed by atoms with Gasteiger partial charge < -0.3 is 5.32 Å². The first-order chi connectivity index (χ1) is 9.52. The molecule has 1 aromatic carbocycles. The Morgan fingerprint density at radius 1 is 1.52 bits per heavy atom. The van der Waals surface area contributed by atoms with Crippen LogP contribution in [0.15, 0.2) is 21.5 Å². The Bertz CT molecular complexity index is 706. The van der Waals surface area contributed by atoms with E-state index in [0.717, 1.165) is 18.6 Å². The number of rotatable bonds is 4. The zero-order valence-electron chi connectivity index (χ0n) is 11.4. The summed E-state index contributed by atoms with van der Waals surface area (Å²) in [5.74, 6) is -1.10. The number of halogens is 3. The number of hydrogen-bond donors (Lipinski definition) is 1. The summed E-state index contributed by atoms with van der Waals surface area (Å²) in [6, 6.07) is 1.86. The zero-order chi connectivity index (χ0) is 16.0. The highest BCUT2D eigenvalue weighted by Crippen LogP contribution is 2.51. The van der Waals surface area contributed by atoms with Gasteiger partial charge in [0.1, 0.15) is 5.82 Å². The van der Waals surface area contributed by atoms with E-state index in [1.165, 1.54) is 0 Å². The molecule has 8 heteroatoms. The highest BCUT2D eigenvalue weighted by molar-refractivity contribution is 9.10. The van der Waals surface area contributed by atoms with Crippen LogP contribution >= 0.6 is 26.6 Å². The van der Waals surface area contributed by atoms with Crippen LogP contribution in [0.2, 0.25) is 0 Å². The third-order valence-corrected chi connectivity index (χ3v) is 6.04. The van der Waals surface area contributed by atoms with E-state index in [-0.39, 0.29) is 20.3 Å². The van der Waals surface area contributed by atoms with Crippen LogP contribution in [0.25, 0.3) is 0 Å². The Hall–Kier alpha value is -0.660. The minimum Gasteiger partial charge on any atom is -0.352 e. The van der Waals surface area contributed by atoms with Crippen molar-refractivity contribution in [1.82, 2.24) is 5.32 Å². The quantitative estimate of drug-likeness (QED) is 0.792. The van der Waals surface area contributed by atoms with Gasteiger partial charge in [0.2, 0.25) is 0 Å². The number of hydrogen-bond acceptors (Lipinski definition) is 3. The van der Waals surface area contributed by atoms with Gasteiger partial charge in [-0.2, -0.15) is 0 Å². The largest absolute Gasteiger partial charge is 0.352 e. The van der Waals surface area contributed by atoms with E-state index in [1.807, 2.05) is 0 Å². The predicted octanol–water partition coefficient (Wildman–Crippen LogP) is 3.29. The minimum atomic E-state index is -4.07. The summed E-state index contributed by atoms with van der Waals surface area (Å²) in [6.07, 6.45) is 0.997. The molecule has 0 spiro atoms. The van der Waals surface area contributed by atoms with Crippen LogP contribution < -0.4 is 5.32 Å². The number of amides is 1. The van der Waals surface area contributed by atoms with E-state index in [1.54, 1.807) is 0 Å². The first-order valence-electron chi connectivity index (χ1n) is 6.24. The average Bonchev–Trinajstić information content (AvgIpc) is 2.92. The molecule has 1 unspecified atom stereocenters. The predicted molar refractivity (Wildman–Crippen MR) is 81.4 cm³/mol. The lowest BCUT2D eigenvalue weighted by Crippen LogP contribution is -2.27. The van der Waals surface area contributed by atoms with Crippen LogP contribution in [0, 0.1) is 17.2 Å². The van der Waals surface area contributed by atoms with E-state index in [0.29, 0.717) is 12.5 Å². The van der Waals surface area contributed by atoms with Gasteiger partial charge >= 0.3 is 0 Å². The van der Waals surface area contributed by atoms with Crippen molar-refractivity contribution in [1.29, 1.82) is 0 Å². The number of nitrogens with one attached hydrogen (secondary N) is 1. The maximum Gasteiger partial charge on any atom is 0.262 e. The Morgan fingerprint density at radius 2 is 2.10 bits per heavy atom. The summed E-state index contributed by atoms with van der Waals surface area (Å²) >= 11 is 2.92. The molecular weight excluding hydrogens is 385 g/mol. The first-order valence-corrected chi connectivity index (χ1v) is 9.34. The fourth-order valence-electron chi connectivity index (χ4n) is 2.13. The number of benzene rings is 1. The fraction of sp³-hybridized carbons (Fsp3) is 0.462. The molecule has 1 N–H and O–H groups in total. The SMILES string of the molecule is CC1(C)CC1CNC(=O)c1cc(S(=O)(=O)Cl)c(Br)cc1F. The van der Waals surface area contributed by atoms with Crippen LogP contribution in [-0.2, 0) is 9.05 Å². The van der Waals surface area contributed by atoms with E-state index >= 15 is 0 Å². The van der Waals surface area contributed by atoms with E-state index in [4.69, 9.17) is 10.7 Å². The van der Waals surface area contributed by atoms with Gasteiger partial charge in [0, 0.05) is 21.7 Å². The molecule has 2 rings (SSSR count). The maximum absolute atomic E-state index is 13.8. The molecule has 1 atom stereocenters. The van der Waals surface area contributed by atoms with E-state index in [9.17, 15) is 17.6 Å². The Kier molecular flexibility index (Phi) is 4.39. The van der Waals surface area contributed by atoms with Gasteiger partial charge in [-0.15, -0.1) is 0 Å². The Morgan fingerprint density at radius 3 is 2.57 bits per heavy atom. The lowest BCUT2D eigenvalue weighted by Gasteiger charge is -2.09. The molecule has 21 heavy (non-hydrogen) atoms. The monoisotopic (exact) mass is 397 g/mol. The summed E-state index contributed by atoms with van der Waals surface area (Å²) in [5.41, 5.74) is -0.146. The second-order valence-corrected chi connectivity index (χ2v) is 9.19. The summed E-state index contributed by atoms with van der Waals surface area (Å²) < 4.78 is 36.6. The normalized spacial score (nSPS) is 20.1. The molecule has 1 aromatic rings. The summed E-state index contributed by atoms with van der Waals surface area (Å²) in [4.78, 5) is 11.7. The van der Waals surface area contributed by atoms with Crippen molar-refractivity contribution in [2.24, 2.45) is 11.3 Å². The van der Waals surface area contributed by atoms with Gasteiger partial charge in [0.25, 0.3) is 15.0 Å². The molecule has 0 aromatic heterocycles. The molecule has 1 amide bonds. The first kappa shape index (κ1) is 16.7. The van der Waals surface area contributed by atoms with Crippen molar-refractivity contribution in [3.63, 3.8) is 0 Å². The van der Waals surface area contributed by atoms with Gasteiger partial charge in [-0.1, -0.05) is 13.8 Å². The van der Waals surface area contributed by atoms with Crippen LogP contribution in [-0.4, -0.2) is 20.9 Å². The standard InChI is InChI=1S/C13H14BrClFNO3S/c1-13(2)5-7(13)6-17-12(18)8-3-11(21(15,19)20)9(14)4-10(8)16/h3-4,7H,5-6H2,1-2H3,(H,17,18). The molecule has 1 saturated carbocycles. The third-order valence-electron chi connectivity index (χ3n) is 3.76. The molecule has 0 aliphatic heterocycles. The molecule has 116 valence electrons. The lowest BCUT2D eigenvalue weighted by molar-refractivity contribution is 0.0946. The van der Waals surface area contributed by atoms with Gasteiger partial charge in [0.15, 0.2) is 0 Å². The molecule has 1 fully saturated rings. The second-order valence-electron chi connectivity index (χ2n) is 5.80. The average molecular weight is 399 g/mol. The van der Waals surface area contributed by atoms with Crippen molar-refractivity contribution >= 4 is 41.6 Å². The summed E-state index contributed by atoms with van der Waals surface area (Å²) in [5, 5.41) is 2.62. The fourth-order valence-corrected chi connectivity index (χ4v) is 4.29. The molecule has 0 radical (unpaired) electrons. The number of carbonyl (C=O) groups excluding carboxylic acids is 1. The topological polar surface area (TPSA) is 63.2 Å². The van der Waals surface area contributed by atoms with Crippen molar-refractivity contribution in [2.75, 3.05) is 6.54 Å². The molecule has 1 aliphatic carbocycles. The maximum atomic E-state index is 13.8.